The van der Waals surface area contributed by atoms with Gasteiger partial charge in [-0.05, 0) is 5.56 Å². The van der Waals surface area contributed by atoms with Crippen LogP contribution in [0.25, 0.3) is 0 Å². The average molecular weight is 288 g/mol. The zero-order valence-corrected chi connectivity index (χ0v) is 9.68. The third-order valence-electron chi connectivity index (χ3n) is 0.997. The maximum Gasteiger partial charge on any atom is 0.353 e. The van der Waals surface area contributed by atoms with E-state index in [-0.39, 0.29) is 0 Å². The van der Waals surface area contributed by atoms with Crippen LogP contribution in [0.5, 0.6) is 0 Å². The van der Waals surface area contributed by atoms with E-state index in [1.165, 1.54) is 5.56 Å². The summed E-state index contributed by atoms with van der Waals surface area (Å²) in [4.78, 5) is 0. The van der Waals surface area contributed by atoms with Crippen molar-refractivity contribution in [1.82, 2.24) is 0 Å². The highest BCUT2D eigenvalue weighted by atomic mass is 79.9. The number of benzene rings is 1. The first-order valence-electron chi connectivity index (χ1n) is 3.20. The van der Waals surface area contributed by atoms with Gasteiger partial charge in [0.05, 0.1) is 0 Å². The van der Waals surface area contributed by atoms with Crippen LogP contribution in [0.3, 0.4) is 0 Å². The van der Waals surface area contributed by atoms with Gasteiger partial charge in [0, 0.05) is 16.0 Å². The summed E-state index contributed by atoms with van der Waals surface area (Å²) in [5.74, 6) is 0. The summed E-state index contributed by atoms with van der Waals surface area (Å²) < 4.78 is 25.2. The molecule has 0 saturated heterocycles. The Morgan fingerprint density at radius 2 is 1.69 bits per heavy atom. The van der Waals surface area contributed by atoms with Crippen molar-refractivity contribution >= 4 is 35.9 Å². The summed E-state index contributed by atoms with van der Waals surface area (Å²) in [6.07, 6.45) is 0. The van der Waals surface area contributed by atoms with E-state index in [0.717, 1.165) is 5.33 Å². The molecule has 0 aliphatic carbocycles. The van der Waals surface area contributed by atoms with E-state index in [9.17, 15) is 0 Å². The third-order valence-corrected chi connectivity index (χ3v) is 1.64. The van der Waals surface area contributed by atoms with Gasteiger partial charge in [0.1, 0.15) is 0 Å². The van der Waals surface area contributed by atoms with E-state index < -0.39 is 9.33 Å². The van der Waals surface area contributed by atoms with Crippen LogP contribution >= 0.6 is 26.6 Å². The Labute approximate surface area is 90.1 Å². The lowest BCUT2D eigenvalue weighted by atomic mass is 10.2. The molecule has 6 heteroatoms. The highest BCUT2D eigenvalue weighted by molar-refractivity contribution is 9.08. The fourth-order valence-electron chi connectivity index (χ4n) is 0.567. The molecule has 13 heavy (non-hydrogen) atoms. The van der Waals surface area contributed by atoms with Crippen LogP contribution in [-0.4, -0.2) is 13.0 Å². The van der Waals surface area contributed by atoms with Crippen LogP contribution in [0.2, 0.25) is 0 Å². The summed E-state index contributed by atoms with van der Waals surface area (Å²) in [5.41, 5.74) is 1.33. The SMILES string of the molecule is BrCc1ccccc1.O=S(=O)(O)Cl. The normalized spacial score (nSPS) is 10.1. The first-order chi connectivity index (χ1) is 5.93. The minimum atomic E-state index is -4.19. The minimum absolute atomic E-state index is 0.952. The second kappa shape index (κ2) is 6.37. The van der Waals surface area contributed by atoms with Gasteiger partial charge in [-0.1, -0.05) is 46.3 Å². The summed E-state index contributed by atoms with van der Waals surface area (Å²) in [7, 11) is -0.137. The topological polar surface area (TPSA) is 54.4 Å². The Balaban J connectivity index is 0.000000252. The molecule has 0 bridgehead atoms. The molecule has 0 heterocycles. The van der Waals surface area contributed by atoms with Crippen LogP contribution in [0.1, 0.15) is 5.56 Å². The van der Waals surface area contributed by atoms with Gasteiger partial charge in [-0.2, -0.15) is 8.42 Å². The van der Waals surface area contributed by atoms with Gasteiger partial charge in [0.25, 0.3) is 0 Å². The van der Waals surface area contributed by atoms with Crippen molar-refractivity contribution in [1.29, 1.82) is 0 Å². The Hall–Kier alpha value is -0.100. The van der Waals surface area contributed by atoms with Crippen LogP contribution in [0, 0.1) is 0 Å². The van der Waals surface area contributed by atoms with Gasteiger partial charge in [-0.25, -0.2) is 0 Å². The molecule has 1 N–H and O–H groups in total. The number of hydrogen-bond donors (Lipinski definition) is 1. The highest BCUT2D eigenvalue weighted by Gasteiger charge is 1.86. The van der Waals surface area contributed by atoms with Crippen LogP contribution in [0.15, 0.2) is 30.3 Å². The van der Waals surface area contributed by atoms with Gasteiger partial charge in [-0.15, -0.1) is 0 Å². The summed E-state index contributed by atoms with van der Waals surface area (Å²) in [6, 6.07) is 10.3. The fourth-order valence-corrected chi connectivity index (χ4v) is 0.941. The van der Waals surface area contributed by atoms with Crippen molar-refractivity contribution in [2.45, 2.75) is 5.33 Å². The van der Waals surface area contributed by atoms with Gasteiger partial charge in [-0.3, -0.25) is 4.55 Å². The number of halogens is 2. The first kappa shape index (κ1) is 12.9. The summed E-state index contributed by atoms with van der Waals surface area (Å²) in [5, 5.41) is 0.952. The van der Waals surface area contributed by atoms with Crippen molar-refractivity contribution < 1.29 is 13.0 Å². The lowest BCUT2D eigenvalue weighted by Gasteiger charge is -1.88. The van der Waals surface area contributed by atoms with Crippen molar-refractivity contribution in [2.75, 3.05) is 0 Å². The van der Waals surface area contributed by atoms with E-state index in [1.807, 2.05) is 18.2 Å². The number of alkyl halides is 1. The molecule has 0 radical (unpaired) electrons. The zero-order chi connectivity index (χ0) is 10.3. The maximum atomic E-state index is 8.95. The van der Waals surface area contributed by atoms with Gasteiger partial charge in [0.2, 0.25) is 0 Å². The monoisotopic (exact) mass is 286 g/mol. The molecule has 0 spiro atoms. The molecule has 74 valence electrons. The molecule has 0 saturated carbocycles. The maximum absolute atomic E-state index is 8.95. The van der Waals surface area contributed by atoms with Crippen LogP contribution in [0.4, 0.5) is 0 Å². The summed E-state index contributed by atoms with van der Waals surface area (Å²) >= 11 is 3.36. The Bertz CT molecular complexity index is 317. The molecule has 0 amide bonds. The van der Waals surface area contributed by atoms with E-state index in [4.69, 9.17) is 13.0 Å². The second-order valence-corrected chi connectivity index (χ2v) is 4.59. The second-order valence-electron chi connectivity index (χ2n) is 2.03. The van der Waals surface area contributed by atoms with E-state index in [0.29, 0.717) is 0 Å². The standard InChI is InChI=1S/C7H7Br.ClHO3S/c8-6-7-4-2-1-3-5-7;1-5(2,3)4/h1-5H,6H2;(H,2,3,4). The van der Waals surface area contributed by atoms with E-state index >= 15 is 0 Å². The third kappa shape index (κ3) is 11.9. The average Bonchev–Trinajstić information content (AvgIpc) is 2.03. The largest absolute Gasteiger partial charge is 0.353 e. The molecule has 0 atom stereocenters. The smallest absolute Gasteiger partial charge is 0.273 e. The molecule has 0 unspecified atom stereocenters. The van der Waals surface area contributed by atoms with Crippen molar-refractivity contribution in [2.24, 2.45) is 0 Å². The summed E-state index contributed by atoms with van der Waals surface area (Å²) in [6.45, 7) is 0. The molecule has 1 aromatic carbocycles. The molecule has 0 aromatic heterocycles. The van der Waals surface area contributed by atoms with Crippen molar-refractivity contribution in [3.8, 4) is 0 Å². The van der Waals surface area contributed by atoms with Gasteiger partial charge < -0.3 is 0 Å². The number of rotatable bonds is 1. The lowest BCUT2D eigenvalue weighted by molar-refractivity contribution is 0.501. The van der Waals surface area contributed by atoms with Crippen molar-refractivity contribution in [3.05, 3.63) is 35.9 Å². The molecule has 0 aliphatic heterocycles. The van der Waals surface area contributed by atoms with Crippen LogP contribution < -0.4 is 0 Å². The van der Waals surface area contributed by atoms with E-state index in [2.05, 4.69) is 38.7 Å². The van der Waals surface area contributed by atoms with E-state index in [1.54, 1.807) is 0 Å². The lowest BCUT2D eigenvalue weighted by Crippen LogP contribution is -1.77. The molecular formula is C7H8BrClO3S. The van der Waals surface area contributed by atoms with Crippen LogP contribution in [-0.2, 0) is 14.7 Å². The van der Waals surface area contributed by atoms with Crippen molar-refractivity contribution in [3.63, 3.8) is 0 Å². The molecule has 0 fully saturated rings. The molecular weight excluding hydrogens is 279 g/mol. The fraction of sp³-hybridized carbons (Fsp3) is 0.143. The first-order valence-corrected chi connectivity index (χ1v) is 6.59. The predicted molar refractivity (Wildman–Crippen MR) is 56.5 cm³/mol. The Morgan fingerprint density at radius 3 is 1.92 bits per heavy atom. The quantitative estimate of drug-likeness (QED) is 0.491. The zero-order valence-electron chi connectivity index (χ0n) is 6.52. The Kier molecular flexibility index (Phi) is 6.32. The Morgan fingerprint density at radius 1 is 1.31 bits per heavy atom. The predicted octanol–water partition coefficient (Wildman–Crippen LogP) is 2.61. The minimum Gasteiger partial charge on any atom is -0.273 e. The molecule has 1 aromatic rings. The molecule has 1 rings (SSSR count). The van der Waals surface area contributed by atoms with Gasteiger partial charge >= 0.3 is 9.33 Å². The molecule has 3 nitrogen and oxygen atoms in total. The number of hydrogen-bond acceptors (Lipinski definition) is 2. The molecule has 0 aliphatic rings. The van der Waals surface area contributed by atoms with Gasteiger partial charge in [0.15, 0.2) is 0 Å². The highest BCUT2D eigenvalue weighted by Crippen LogP contribution is 2.02.